The quantitative estimate of drug-likeness (QED) is 0.788. The van der Waals surface area contributed by atoms with Gasteiger partial charge < -0.3 is 10.6 Å². The van der Waals surface area contributed by atoms with Crippen molar-refractivity contribution < 1.29 is 9.59 Å². The van der Waals surface area contributed by atoms with Gasteiger partial charge in [0, 0.05) is 17.5 Å². The third kappa shape index (κ3) is 5.34. The normalized spacial score (nSPS) is 11.7. The number of benzene rings is 1. The van der Waals surface area contributed by atoms with Crippen LogP contribution in [0.1, 0.15) is 26.7 Å². The number of amides is 2. The zero-order valence-corrected chi connectivity index (χ0v) is 12.3. The second-order valence-electron chi connectivity index (χ2n) is 4.26. The topological polar surface area (TPSA) is 58.2 Å². The number of rotatable bonds is 6. The number of nitrogens with one attached hydrogen (secondary N) is 2. The zero-order chi connectivity index (χ0) is 14.3. The summed E-state index contributed by atoms with van der Waals surface area (Å²) in [5, 5.41) is 5.51. The van der Waals surface area contributed by atoms with Crippen molar-refractivity contribution in [3.05, 3.63) is 24.3 Å². The van der Waals surface area contributed by atoms with Crippen LogP contribution in [0.2, 0.25) is 0 Å². The lowest BCUT2D eigenvalue weighted by Gasteiger charge is -2.17. The standard InChI is InChI=1S/C14H20N2O2S/c1-4-6-13(15-10(2)17)14(18)16-11-7-5-8-12(9-11)19-3/h5,7-9,13H,4,6H2,1-3H3,(H,15,17)(H,16,18)/t13-/m1/s1. The highest BCUT2D eigenvalue weighted by Gasteiger charge is 2.18. The maximum absolute atomic E-state index is 12.1. The third-order valence-electron chi connectivity index (χ3n) is 2.61. The Morgan fingerprint density at radius 1 is 1.37 bits per heavy atom. The van der Waals surface area contributed by atoms with Gasteiger partial charge in [-0.15, -0.1) is 11.8 Å². The fraction of sp³-hybridized carbons (Fsp3) is 0.429. The summed E-state index contributed by atoms with van der Waals surface area (Å²) in [6.07, 6.45) is 3.45. The summed E-state index contributed by atoms with van der Waals surface area (Å²) >= 11 is 1.62. The minimum absolute atomic E-state index is 0.171. The number of hydrogen-bond acceptors (Lipinski definition) is 3. The smallest absolute Gasteiger partial charge is 0.246 e. The van der Waals surface area contributed by atoms with Crippen LogP contribution in [0.4, 0.5) is 5.69 Å². The molecule has 1 atom stereocenters. The van der Waals surface area contributed by atoms with Crippen LogP contribution in [0, 0.1) is 0 Å². The SMILES string of the molecule is CCC[C@@H](NC(C)=O)C(=O)Nc1cccc(SC)c1. The molecular weight excluding hydrogens is 260 g/mol. The molecule has 0 aliphatic rings. The first-order valence-electron chi connectivity index (χ1n) is 6.28. The van der Waals surface area contributed by atoms with E-state index < -0.39 is 6.04 Å². The van der Waals surface area contributed by atoms with Gasteiger partial charge in [-0.2, -0.15) is 0 Å². The van der Waals surface area contributed by atoms with E-state index in [-0.39, 0.29) is 11.8 Å². The van der Waals surface area contributed by atoms with E-state index in [9.17, 15) is 9.59 Å². The Hall–Kier alpha value is -1.49. The van der Waals surface area contributed by atoms with Crippen LogP contribution in [0.5, 0.6) is 0 Å². The first kappa shape index (κ1) is 15.6. The summed E-state index contributed by atoms with van der Waals surface area (Å²) in [6, 6.07) is 7.17. The third-order valence-corrected chi connectivity index (χ3v) is 3.33. The summed E-state index contributed by atoms with van der Waals surface area (Å²) in [6.45, 7) is 3.40. The van der Waals surface area contributed by atoms with Gasteiger partial charge in [-0.25, -0.2) is 0 Å². The molecule has 0 radical (unpaired) electrons. The minimum Gasteiger partial charge on any atom is -0.345 e. The van der Waals surface area contributed by atoms with Crippen LogP contribution in [0.15, 0.2) is 29.2 Å². The molecule has 2 N–H and O–H groups in total. The van der Waals surface area contributed by atoms with Crippen LogP contribution in [0.3, 0.4) is 0 Å². The second kappa shape index (κ2) is 7.84. The monoisotopic (exact) mass is 280 g/mol. The van der Waals surface area contributed by atoms with Crippen LogP contribution in [0.25, 0.3) is 0 Å². The van der Waals surface area contributed by atoms with Crippen LogP contribution in [-0.2, 0) is 9.59 Å². The number of hydrogen-bond donors (Lipinski definition) is 2. The second-order valence-corrected chi connectivity index (χ2v) is 5.14. The van der Waals surface area contributed by atoms with Gasteiger partial charge in [-0.05, 0) is 30.9 Å². The van der Waals surface area contributed by atoms with Crippen molar-refractivity contribution in [2.24, 2.45) is 0 Å². The Bertz CT molecular complexity index is 449. The lowest BCUT2D eigenvalue weighted by atomic mass is 10.1. The van der Waals surface area contributed by atoms with E-state index in [1.54, 1.807) is 11.8 Å². The lowest BCUT2D eigenvalue weighted by Crippen LogP contribution is -2.42. The molecule has 104 valence electrons. The van der Waals surface area contributed by atoms with Gasteiger partial charge in [0.2, 0.25) is 11.8 Å². The average Bonchev–Trinajstić information content (AvgIpc) is 2.38. The molecular formula is C14H20N2O2S. The van der Waals surface area contributed by atoms with Gasteiger partial charge in [0.05, 0.1) is 0 Å². The van der Waals surface area contributed by atoms with Crippen molar-refractivity contribution in [3.8, 4) is 0 Å². The molecule has 0 aromatic heterocycles. The molecule has 0 saturated heterocycles. The maximum Gasteiger partial charge on any atom is 0.246 e. The number of carbonyl (C=O) groups excluding carboxylic acids is 2. The van der Waals surface area contributed by atoms with Gasteiger partial charge >= 0.3 is 0 Å². The molecule has 0 spiro atoms. The van der Waals surface area contributed by atoms with E-state index in [4.69, 9.17) is 0 Å². The van der Waals surface area contributed by atoms with E-state index >= 15 is 0 Å². The Labute approximate surface area is 118 Å². The van der Waals surface area contributed by atoms with Gasteiger partial charge in [0.25, 0.3) is 0 Å². The van der Waals surface area contributed by atoms with Crippen molar-refractivity contribution in [2.75, 3.05) is 11.6 Å². The Balaban J connectivity index is 2.71. The molecule has 0 aliphatic carbocycles. The molecule has 5 heteroatoms. The van der Waals surface area contributed by atoms with E-state index in [2.05, 4.69) is 10.6 Å². The summed E-state index contributed by atoms with van der Waals surface area (Å²) < 4.78 is 0. The van der Waals surface area contributed by atoms with Gasteiger partial charge in [-0.1, -0.05) is 19.4 Å². The summed E-state index contributed by atoms with van der Waals surface area (Å²) in [5.41, 5.74) is 0.753. The molecule has 0 saturated carbocycles. The van der Waals surface area contributed by atoms with Crippen molar-refractivity contribution in [1.29, 1.82) is 0 Å². The van der Waals surface area contributed by atoms with E-state index in [1.807, 2.05) is 37.4 Å². The fourth-order valence-corrected chi connectivity index (χ4v) is 2.19. The molecule has 0 fully saturated rings. The van der Waals surface area contributed by atoms with Crippen LogP contribution < -0.4 is 10.6 Å². The zero-order valence-electron chi connectivity index (χ0n) is 11.5. The summed E-state index contributed by atoms with van der Waals surface area (Å²) in [7, 11) is 0. The summed E-state index contributed by atoms with van der Waals surface area (Å²) in [4.78, 5) is 24.3. The van der Waals surface area contributed by atoms with E-state index in [1.165, 1.54) is 6.92 Å². The lowest BCUT2D eigenvalue weighted by molar-refractivity contribution is -0.125. The molecule has 0 aliphatic heterocycles. The van der Waals surface area contributed by atoms with Gasteiger partial charge in [0.1, 0.15) is 6.04 Å². The van der Waals surface area contributed by atoms with E-state index in [0.29, 0.717) is 6.42 Å². The summed E-state index contributed by atoms with van der Waals surface area (Å²) in [5.74, 6) is -0.359. The fourth-order valence-electron chi connectivity index (χ4n) is 1.73. The highest BCUT2D eigenvalue weighted by Crippen LogP contribution is 2.19. The maximum atomic E-state index is 12.1. The minimum atomic E-state index is -0.472. The van der Waals surface area contributed by atoms with Crippen molar-refractivity contribution in [3.63, 3.8) is 0 Å². The average molecular weight is 280 g/mol. The molecule has 1 rings (SSSR count). The highest BCUT2D eigenvalue weighted by atomic mass is 32.2. The predicted octanol–water partition coefficient (Wildman–Crippen LogP) is 2.65. The number of anilines is 1. The van der Waals surface area contributed by atoms with Gasteiger partial charge in [0.15, 0.2) is 0 Å². The molecule has 0 unspecified atom stereocenters. The molecule has 0 heterocycles. The molecule has 0 bridgehead atoms. The first-order chi connectivity index (χ1) is 9.06. The van der Waals surface area contributed by atoms with Crippen LogP contribution in [-0.4, -0.2) is 24.1 Å². The molecule has 2 amide bonds. The first-order valence-corrected chi connectivity index (χ1v) is 7.51. The van der Waals surface area contributed by atoms with Crippen molar-refractivity contribution >= 4 is 29.3 Å². The molecule has 19 heavy (non-hydrogen) atoms. The number of thioether (sulfide) groups is 1. The predicted molar refractivity (Wildman–Crippen MR) is 79.4 cm³/mol. The molecule has 1 aromatic carbocycles. The molecule has 1 aromatic rings. The number of carbonyl (C=O) groups is 2. The Morgan fingerprint density at radius 2 is 2.11 bits per heavy atom. The Morgan fingerprint density at radius 3 is 2.68 bits per heavy atom. The van der Waals surface area contributed by atoms with Crippen molar-refractivity contribution in [1.82, 2.24) is 5.32 Å². The largest absolute Gasteiger partial charge is 0.345 e. The Kier molecular flexibility index (Phi) is 6.42. The highest BCUT2D eigenvalue weighted by molar-refractivity contribution is 7.98. The van der Waals surface area contributed by atoms with Gasteiger partial charge in [-0.3, -0.25) is 9.59 Å². The van der Waals surface area contributed by atoms with E-state index in [0.717, 1.165) is 17.0 Å². The molecule has 4 nitrogen and oxygen atoms in total. The van der Waals surface area contributed by atoms with Crippen molar-refractivity contribution in [2.45, 2.75) is 37.6 Å². The van der Waals surface area contributed by atoms with Crippen LogP contribution >= 0.6 is 11.8 Å².